The second kappa shape index (κ2) is 10.3. The van der Waals surface area contributed by atoms with Gasteiger partial charge < -0.3 is 19.7 Å². The molecule has 0 spiro atoms. The van der Waals surface area contributed by atoms with Crippen molar-refractivity contribution in [2.75, 3.05) is 32.8 Å². The molecule has 0 radical (unpaired) electrons. The number of aromatic nitrogens is 1. The van der Waals surface area contributed by atoms with E-state index in [9.17, 15) is 9.59 Å². The van der Waals surface area contributed by atoms with E-state index >= 15 is 0 Å². The van der Waals surface area contributed by atoms with Crippen LogP contribution in [0, 0.1) is 5.92 Å². The number of pyridine rings is 1. The average Bonchev–Trinajstić information content (AvgIpc) is 3.20. The number of halogens is 2. The molecular formula is C20H21Cl2N3O4. The minimum absolute atomic E-state index is 0.0241. The van der Waals surface area contributed by atoms with Gasteiger partial charge in [-0.05, 0) is 48.7 Å². The monoisotopic (exact) mass is 437 g/mol. The number of likely N-dealkylation sites (tertiary alicyclic amines) is 1. The quantitative estimate of drug-likeness (QED) is 0.642. The van der Waals surface area contributed by atoms with E-state index in [1.807, 2.05) is 0 Å². The number of ether oxygens (including phenoxy) is 2. The predicted molar refractivity (Wildman–Crippen MR) is 109 cm³/mol. The molecule has 1 fully saturated rings. The Labute approximate surface area is 178 Å². The maximum absolute atomic E-state index is 12.3. The van der Waals surface area contributed by atoms with Crippen LogP contribution in [0.1, 0.15) is 6.42 Å². The van der Waals surface area contributed by atoms with Gasteiger partial charge in [0.15, 0.2) is 13.2 Å². The van der Waals surface area contributed by atoms with Gasteiger partial charge >= 0.3 is 0 Å². The number of rotatable bonds is 8. The van der Waals surface area contributed by atoms with Gasteiger partial charge in [-0.3, -0.25) is 9.59 Å². The van der Waals surface area contributed by atoms with Gasteiger partial charge in [0.05, 0.1) is 6.20 Å². The van der Waals surface area contributed by atoms with Gasteiger partial charge in [-0.1, -0.05) is 23.2 Å². The van der Waals surface area contributed by atoms with Crippen molar-refractivity contribution in [2.24, 2.45) is 5.92 Å². The van der Waals surface area contributed by atoms with E-state index in [-0.39, 0.29) is 30.9 Å². The fourth-order valence-electron chi connectivity index (χ4n) is 2.90. The summed E-state index contributed by atoms with van der Waals surface area (Å²) in [6.45, 7) is 1.60. The molecule has 0 bridgehead atoms. The van der Waals surface area contributed by atoms with Crippen molar-refractivity contribution in [3.05, 3.63) is 52.8 Å². The molecule has 1 N–H and O–H groups in total. The van der Waals surface area contributed by atoms with E-state index in [2.05, 4.69) is 10.3 Å². The Hall–Kier alpha value is -2.51. The average molecular weight is 438 g/mol. The minimum atomic E-state index is -0.226. The third-order valence-electron chi connectivity index (χ3n) is 4.47. The van der Waals surface area contributed by atoms with Crippen molar-refractivity contribution in [3.63, 3.8) is 0 Å². The third-order valence-corrected chi connectivity index (χ3v) is 4.95. The summed E-state index contributed by atoms with van der Waals surface area (Å²) in [6.07, 6.45) is 2.29. The molecule has 1 unspecified atom stereocenters. The summed E-state index contributed by atoms with van der Waals surface area (Å²) in [5, 5.41) is 3.81. The first-order valence-electron chi connectivity index (χ1n) is 9.17. The highest BCUT2D eigenvalue weighted by Crippen LogP contribution is 2.18. The van der Waals surface area contributed by atoms with E-state index in [0.717, 1.165) is 6.42 Å². The smallest absolute Gasteiger partial charge is 0.260 e. The molecule has 1 aliphatic rings. The summed E-state index contributed by atoms with van der Waals surface area (Å²) < 4.78 is 10.9. The molecule has 1 atom stereocenters. The van der Waals surface area contributed by atoms with Crippen molar-refractivity contribution >= 4 is 35.0 Å². The molecule has 1 aromatic carbocycles. The molecule has 1 saturated heterocycles. The first kappa shape index (κ1) is 21.2. The molecule has 29 heavy (non-hydrogen) atoms. The largest absolute Gasteiger partial charge is 0.484 e. The number of carbonyl (C=O) groups is 2. The Kier molecular flexibility index (Phi) is 7.55. The van der Waals surface area contributed by atoms with Crippen molar-refractivity contribution in [2.45, 2.75) is 6.42 Å². The van der Waals surface area contributed by atoms with E-state index in [0.29, 0.717) is 41.3 Å². The summed E-state index contributed by atoms with van der Waals surface area (Å²) in [5.74, 6) is 0.975. The normalized spacial score (nSPS) is 15.8. The zero-order valence-corrected chi connectivity index (χ0v) is 17.2. The summed E-state index contributed by atoms with van der Waals surface area (Å²) in [6, 6.07) is 10.1. The summed E-state index contributed by atoms with van der Waals surface area (Å²) in [7, 11) is 0. The molecule has 2 amide bonds. The number of amides is 2. The van der Waals surface area contributed by atoms with Crippen molar-refractivity contribution in [1.82, 2.24) is 15.2 Å². The van der Waals surface area contributed by atoms with E-state index in [1.165, 1.54) is 6.20 Å². The maximum atomic E-state index is 12.3. The van der Waals surface area contributed by atoms with Gasteiger partial charge in [0, 0.05) is 24.7 Å². The van der Waals surface area contributed by atoms with Crippen LogP contribution in [0.15, 0.2) is 42.6 Å². The minimum Gasteiger partial charge on any atom is -0.484 e. The van der Waals surface area contributed by atoms with Gasteiger partial charge in [-0.2, -0.15) is 0 Å². The Bertz CT molecular complexity index is 831. The Morgan fingerprint density at radius 1 is 1.07 bits per heavy atom. The van der Waals surface area contributed by atoms with Gasteiger partial charge in [0.1, 0.15) is 16.7 Å². The van der Waals surface area contributed by atoms with Crippen molar-refractivity contribution < 1.29 is 19.1 Å². The second-order valence-electron chi connectivity index (χ2n) is 6.65. The number of hydrogen-bond donors (Lipinski definition) is 1. The highest BCUT2D eigenvalue weighted by atomic mass is 35.5. The number of nitrogens with zero attached hydrogens (tertiary/aromatic N) is 2. The van der Waals surface area contributed by atoms with Crippen molar-refractivity contribution in [1.29, 1.82) is 0 Å². The van der Waals surface area contributed by atoms with Gasteiger partial charge in [-0.25, -0.2) is 4.98 Å². The van der Waals surface area contributed by atoms with Crippen LogP contribution in [0.3, 0.4) is 0 Å². The SMILES string of the molecule is O=C(COc1ccc(Cl)nc1)NCC1CCN(C(=O)COc2ccc(Cl)cc2)C1. The van der Waals surface area contributed by atoms with E-state index in [4.69, 9.17) is 32.7 Å². The van der Waals surface area contributed by atoms with Gasteiger partial charge in [-0.15, -0.1) is 0 Å². The fourth-order valence-corrected chi connectivity index (χ4v) is 3.14. The Balaban J connectivity index is 1.33. The molecule has 9 heteroatoms. The highest BCUT2D eigenvalue weighted by molar-refractivity contribution is 6.30. The van der Waals surface area contributed by atoms with Crippen LogP contribution in [0.2, 0.25) is 10.2 Å². The standard InChI is InChI=1S/C20H21Cl2N3O4/c21-15-1-3-16(4-2-15)29-13-20(27)25-8-7-14(11-25)9-24-19(26)12-28-17-5-6-18(22)23-10-17/h1-6,10,14H,7-9,11-13H2,(H,24,26). The van der Waals surface area contributed by atoms with Gasteiger partial charge in [0.25, 0.3) is 11.8 Å². The molecule has 0 aliphatic carbocycles. The van der Waals surface area contributed by atoms with Crippen LogP contribution in [0.4, 0.5) is 0 Å². The molecular weight excluding hydrogens is 417 g/mol. The highest BCUT2D eigenvalue weighted by Gasteiger charge is 2.26. The van der Waals surface area contributed by atoms with E-state index in [1.54, 1.807) is 41.3 Å². The van der Waals surface area contributed by atoms with Crippen LogP contribution < -0.4 is 14.8 Å². The fraction of sp³-hybridized carbons (Fsp3) is 0.350. The summed E-state index contributed by atoms with van der Waals surface area (Å²) in [5.41, 5.74) is 0. The van der Waals surface area contributed by atoms with Crippen LogP contribution in [-0.2, 0) is 9.59 Å². The molecule has 1 aliphatic heterocycles. The summed E-state index contributed by atoms with van der Waals surface area (Å²) in [4.78, 5) is 29.9. The van der Waals surface area contributed by atoms with Gasteiger partial charge in [0.2, 0.25) is 0 Å². The maximum Gasteiger partial charge on any atom is 0.260 e. The lowest BCUT2D eigenvalue weighted by Crippen LogP contribution is -2.36. The van der Waals surface area contributed by atoms with Crippen LogP contribution >= 0.6 is 23.2 Å². The van der Waals surface area contributed by atoms with E-state index < -0.39 is 0 Å². The first-order chi connectivity index (χ1) is 14.0. The van der Waals surface area contributed by atoms with Crippen LogP contribution in [0.5, 0.6) is 11.5 Å². The van der Waals surface area contributed by atoms with Crippen LogP contribution in [0.25, 0.3) is 0 Å². The second-order valence-corrected chi connectivity index (χ2v) is 7.47. The Morgan fingerprint density at radius 3 is 2.52 bits per heavy atom. The zero-order chi connectivity index (χ0) is 20.6. The molecule has 2 heterocycles. The molecule has 154 valence electrons. The number of nitrogens with one attached hydrogen (secondary N) is 1. The zero-order valence-electron chi connectivity index (χ0n) is 15.6. The van der Waals surface area contributed by atoms with Crippen LogP contribution in [-0.4, -0.2) is 54.5 Å². The molecule has 7 nitrogen and oxygen atoms in total. The predicted octanol–water partition coefficient (Wildman–Crippen LogP) is 2.81. The molecule has 2 aromatic rings. The topological polar surface area (TPSA) is 80.8 Å². The number of hydrogen-bond acceptors (Lipinski definition) is 5. The first-order valence-corrected chi connectivity index (χ1v) is 9.92. The molecule has 3 rings (SSSR count). The van der Waals surface area contributed by atoms with Crippen molar-refractivity contribution in [3.8, 4) is 11.5 Å². The third kappa shape index (κ3) is 6.80. The lowest BCUT2D eigenvalue weighted by atomic mass is 10.1. The Morgan fingerprint density at radius 2 is 1.79 bits per heavy atom. The number of benzene rings is 1. The molecule has 1 aromatic heterocycles. The summed E-state index contributed by atoms with van der Waals surface area (Å²) >= 11 is 11.5. The number of carbonyl (C=O) groups excluding carboxylic acids is 2. The molecule has 0 saturated carbocycles. The lowest BCUT2D eigenvalue weighted by molar-refractivity contribution is -0.132. The lowest BCUT2D eigenvalue weighted by Gasteiger charge is -2.17.